The first-order valence-electron chi connectivity index (χ1n) is 5.89. The van der Waals surface area contributed by atoms with Crippen molar-refractivity contribution in [1.82, 2.24) is 10.2 Å². The van der Waals surface area contributed by atoms with Crippen LogP contribution in [0, 0.1) is 5.41 Å². The van der Waals surface area contributed by atoms with E-state index in [1.54, 1.807) is 6.92 Å². The topological polar surface area (TPSA) is 107 Å². The number of carboxylic acids is 1. The first kappa shape index (κ1) is 14.3. The van der Waals surface area contributed by atoms with Crippen LogP contribution < -0.4 is 5.32 Å². The number of carbonyl (C=O) groups excluding carboxylic acids is 1. The Morgan fingerprint density at radius 2 is 2.00 bits per heavy atom. The number of likely N-dealkylation sites (tertiary alicyclic amines) is 1. The van der Waals surface area contributed by atoms with E-state index in [2.05, 4.69) is 5.32 Å². The molecule has 7 heteroatoms. The number of amides is 2. The van der Waals surface area contributed by atoms with Gasteiger partial charge in [0.25, 0.3) is 0 Å². The minimum atomic E-state index is -1.30. The molecule has 3 N–H and O–H groups in total. The van der Waals surface area contributed by atoms with Gasteiger partial charge in [-0.15, -0.1) is 0 Å². The van der Waals surface area contributed by atoms with Crippen LogP contribution in [0.5, 0.6) is 0 Å². The highest BCUT2D eigenvalue weighted by molar-refractivity contribution is 5.85. The molecule has 0 aromatic carbocycles. The van der Waals surface area contributed by atoms with E-state index in [1.165, 1.54) is 0 Å². The van der Waals surface area contributed by atoms with Gasteiger partial charge in [0.05, 0.1) is 5.41 Å². The van der Waals surface area contributed by atoms with Crippen molar-refractivity contribution < 1.29 is 24.6 Å². The van der Waals surface area contributed by atoms with Gasteiger partial charge in [-0.3, -0.25) is 9.59 Å². The lowest BCUT2D eigenvalue weighted by Gasteiger charge is -2.38. The van der Waals surface area contributed by atoms with Crippen LogP contribution in [0.25, 0.3) is 0 Å². The highest BCUT2D eigenvalue weighted by Crippen LogP contribution is 2.34. The Morgan fingerprint density at radius 3 is 2.50 bits per heavy atom. The molecule has 0 bridgehead atoms. The fourth-order valence-corrected chi connectivity index (χ4v) is 2.26. The first-order chi connectivity index (χ1) is 8.41. The third-order valence-corrected chi connectivity index (χ3v) is 3.17. The Balaban J connectivity index is 2.83. The summed E-state index contributed by atoms with van der Waals surface area (Å²) in [6, 6.07) is 0. The van der Waals surface area contributed by atoms with Gasteiger partial charge in [0.2, 0.25) is 5.91 Å². The van der Waals surface area contributed by atoms with Gasteiger partial charge in [0, 0.05) is 26.1 Å². The van der Waals surface area contributed by atoms with Gasteiger partial charge in [0.15, 0.2) is 0 Å². The van der Waals surface area contributed by atoms with E-state index in [1.807, 2.05) is 0 Å². The SMILES string of the molecule is CCNC(=O)CC1(C(=O)O)CCCN(C(=O)O)C1. The molecule has 1 aliphatic rings. The second kappa shape index (κ2) is 5.70. The highest BCUT2D eigenvalue weighted by atomic mass is 16.4. The highest BCUT2D eigenvalue weighted by Gasteiger charge is 2.45. The molecule has 1 unspecified atom stereocenters. The fraction of sp³-hybridized carbons (Fsp3) is 0.727. The molecule has 0 aliphatic carbocycles. The lowest BCUT2D eigenvalue weighted by Crippen LogP contribution is -2.51. The molecule has 1 fully saturated rings. The molecule has 102 valence electrons. The number of hydrogen-bond acceptors (Lipinski definition) is 3. The Kier molecular flexibility index (Phi) is 4.52. The summed E-state index contributed by atoms with van der Waals surface area (Å²) in [5.41, 5.74) is -1.30. The van der Waals surface area contributed by atoms with Crippen molar-refractivity contribution >= 4 is 18.0 Å². The first-order valence-corrected chi connectivity index (χ1v) is 5.89. The largest absolute Gasteiger partial charge is 0.481 e. The second-order valence-corrected chi connectivity index (χ2v) is 4.52. The van der Waals surface area contributed by atoms with Crippen LogP contribution in [0.15, 0.2) is 0 Å². The van der Waals surface area contributed by atoms with Crippen LogP contribution in [0.4, 0.5) is 4.79 Å². The van der Waals surface area contributed by atoms with E-state index < -0.39 is 17.5 Å². The number of hydrogen-bond donors (Lipinski definition) is 3. The maximum Gasteiger partial charge on any atom is 0.407 e. The smallest absolute Gasteiger partial charge is 0.407 e. The Hall–Kier alpha value is -1.79. The van der Waals surface area contributed by atoms with E-state index >= 15 is 0 Å². The van der Waals surface area contributed by atoms with E-state index in [0.29, 0.717) is 25.9 Å². The van der Waals surface area contributed by atoms with E-state index in [4.69, 9.17) is 5.11 Å². The molecule has 0 radical (unpaired) electrons. The van der Waals surface area contributed by atoms with Gasteiger partial charge >= 0.3 is 12.1 Å². The molecule has 7 nitrogen and oxygen atoms in total. The minimum absolute atomic E-state index is 0.130. The third-order valence-electron chi connectivity index (χ3n) is 3.17. The lowest BCUT2D eigenvalue weighted by atomic mass is 9.77. The summed E-state index contributed by atoms with van der Waals surface area (Å²) in [7, 11) is 0. The minimum Gasteiger partial charge on any atom is -0.481 e. The predicted molar refractivity (Wildman–Crippen MR) is 62.2 cm³/mol. The van der Waals surface area contributed by atoms with Crippen molar-refractivity contribution in [2.45, 2.75) is 26.2 Å². The van der Waals surface area contributed by atoms with Crippen LogP contribution in [0.1, 0.15) is 26.2 Å². The van der Waals surface area contributed by atoms with Gasteiger partial charge in [-0.05, 0) is 19.8 Å². The molecule has 2 amide bonds. The summed E-state index contributed by atoms with van der Waals surface area (Å²) in [6.45, 7) is 2.36. The summed E-state index contributed by atoms with van der Waals surface area (Å²) in [5, 5.41) is 20.8. The fourth-order valence-electron chi connectivity index (χ4n) is 2.26. The summed E-state index contributed by atoms with van der Waals surface area (Å²) >= 11 is 0. The third kappa shape index (κ3) is 3.12. The monoisotopic (exact) mass is 258 g/mol. The number of nitrogens with one attached hydrogen (secondary N) is 1. The van der Waals surface area contributed by atoms with Crippen LogP contribution in [0.2, 0.25) is 0 Å². The van der Waals surface area contributed by atoms with Crippen molar-refractivity contribution in [2.24, 2.45) is 5.41 Å². The molecule has 18 heavy (non-hydrogen) atoms. The van der Waals surface area contributed by atoms with Gasteiger partial charge in [0.1, 0.15) is 0 Å². The molecule has 0 spiro atoms. The number of carboxylic acid groups (broad SMARTS) is 2. The van der Waals surface area contributed by atoms with Crippen molar-refractivity contribution in [3.63, 3.8) is 0 Å². The maximum absolute atomic E-state index is 11.6. The Morgan fingerprint density at radius 1 is 1.33 bits per heavy atom. The van der Waals surface area contributed by atoms with Crippen LogP contribution in [-0.4, -0.2) is 52.7 Å². The van der Waals surface area contributed by atoms with Gasteiger partial charge in [-0.2, -0.15) is 0 Å². The zero-order valence-electron chi connectivity index (χ0n) is 10.3. The van der Waals surface area contributed by atoms with Crippen molar-refractivity contribution in [3.8, 4) is 0 Å². The van der Waals surface area contributed by atoms with Gasteiger partial charge in [-0.1, -0.05) is 0 Å². The van der Waals surface area contributed by atoms with Crippen LogP contribution >= 0.6 is 0 Å². The van der Waals surface area contributed by atoms with E-state index in [9.17, 15) is 19.5 Å². The number of piperidine rings is 1. The number of nitrogens with zero attached hydrogens (tertiary/aromatic N) is 1. The van der Waals surface area contributed by atoms with Gasteiger partial charge in [-0.25, -0.2) is 4.79 Å². The molecule has 1 rings (SSSR count). The molecule has 1 saturated heterocycles. The molecular formula is C11H18N2O5. The van der Waals surface area contributed by atoms with E-state index in [0.717, 1.165) is 4.90 Å². The number of aliphatic carboxylic acids is 1. The zero-order valence-corrected chi connectivity index (χ0v) is 10.3. The summed E-state index contributed by atoms with van der Waals surface area (Å²) in [4.78, 5) is 34.9. The van der Waals surface area contributed by atoms with Crippen molar-refractivity contribution in [3.05, 3.63) is 0 Å². The molecule has 0 aromatic rings. The maximum atomic E-state index is 11.6. The average molecular weight is 258 g/mol. The zero-order chi connectivity index (χ0) is 13.8. The average Bonchev–Trinajstić information content (AvgIpc) is 2.29. The Labute approximate surface area is 105 Å². The normalized spacial score (nSPS) is 23.5. The number of rotatable bonds is 4. The molecule has 1 aliphatic heterocycles. The lowest BCUT2D eigenvalue weighted by molar-refractivity contribution is -0.155. The van der Waals surface area contributed by atoms with Crippen molar-refractivity contribution in [1.29, 1.82) is 0 Å². The number of carbonyl (C=O) groups is 3. The van der Waals surface area contributed by atoms with Gasteiger partial charge < -0.3 is 20.4 Å². The Bertz CT molecular complexity index is 357. The van der Waals surface area contributed by atoms with E-state index in [-0.39, 0.29) is 18.9 Å². The standard InChI is InChI=1S/C11H18N2O5/c1-2-12-8(14)6-11(9(15)16)4-3-5-13(7-11)10(17)18/h2-7H2,1H3,(H,12,14)(H,15,16)(H,17,18). The molecule has 1 atom stereocenters. The van der Waals surface area contributed by atoms with Crippen LogP contribution in [0.3, 0.4) is 0 Å². The summed E-state index contributed by atoms with van der Waals surface area (Å²) in [6.07, 6.45) is -0.544. The summed E-state index contributed by atoms with van der Waals surface area (Å²) < 4.78 is 0. The molecular weight excluding hydrogens is 240 g/mol. The predicted octanol–water partition coefficient (Wildman–Crippen LogP) is 0.357. The molecule has 1 heterocycles. The quantitative estimate of drug-likeness (QED) is 0.674. The second-order valence-electron chi connectivity index (χ2n) is 4.52. The summed E-state index contributed by atoms with van der Waals surface area (Å²) in [5.74, 6) is -1.47. The molecule has 0 saturated carbocycles. The van der Waals surface area contributed by atoms with Crippen molar-refractivity contribution in [2.75, 3.05) is 19.6 Å². The van der Waals surface area contributed by atoms with Crippen LogP contribution in [-0.2, 0) is 9.59 Å². The molecule has 0 aromatic heterocycles.